The van der Waals surface area contributed by atoms with Crippen LogP contribution in [0.5, 0.6) is 6.01 Å². The van der Waals surface area contributed by atoms with Gasteiger partial charge in [-0.05, 0) is 37.3 Å². The lowest BCUT2D eigenvalue weighted by atomic mass is 9.94. The number of hydrogen-bond donors (Lipinski definition) is 0. The topological polar surface area (TPSA) is 52.5 Å². The van der Waals surface area contributed by atoms with Crippen LogP contribution in [-0.4, -0.2) is 27.5 Å². The third kappa shape index (κ3) is 2.93. The van der Waals surface area contributed by atoms with E-state index in [1.165, 1.54) is 23.1 Å². The Bertz CT molecular complexity index is 942. The number of rotatable bonds is 5. The highest BCUT2D eigenvalue weighted by molar-refractivity contribution is 6.30. The summed E-state index contributed by atoms with van der Waals surface area (Å²) in [5.74, 6) is -1.31. The molecule has 2 heterocycles. The Labute approximate surface area is 153 Å². The van der Waals surface area contributed by atoms with Gasteiger partial charge in [-0.1, -0.05) is 17.7 Å². The minimum atomic E-state index is -0.978. The Morgan fingerprint density at radius 1 is 1.23 bits per heavy atom. The molecule has 1 aromatic heterocycles. The molecule has 0 bridgehead atoms. The van der Waals surface area contributed by atoms with Gasteiger partial charge in [-0.2, -0.15) is 14.8 Å². The number of aromatic nitrogens is 3. The molecule has 0 saturated carbocycles. The molecule has 1 saturated heterocycles. The summed E-state index contributed by atoms with van der Waals surface area (Å²) in [7, 11) is 0. The molecule has 4 rings (SSSR count). The number of halogens is 3. The van der Waals surface area contributed by atoms with Crippen molar-refractivity contribution >= 4 is 11.6 Å². The van der Waals surface area contributed by atoms with Gasteiger partial charge in [-0.25, -0.2) is 8.78 Å². The molecule has 0 spiro atoms. The van der Waals surface area contributed by atoms with E-state index >= 15 is 0 Å². The zero-order valence-electron chi connectivity index (χ0n) is 13.7. The first-order valence-corrected chi connectivity index (χ1v) is 8.29. The summed E-state index contributed by atoms with van der Waals surface area (Å²) in [6.45, 7) is 2.02. The zero-order valence-corrected chi connectivity index (χ0v) is 14.5. The van der Waals surface area contributed by atoms with Crippen molar-refractivity contribution in [2.45, 2.75) is 18.6 Å². The van der Waals surface area contributed by atoms with Gasteiger partial charge in [0.05, 0.1) is 12.3 Å². The van der Waals surface area contributed by atoms with Crippen molar-refractivity contribution in [1.82, 2.24) is 14.8 Å². The Hall–Kier alpha value is -2.51. The molecule has 0 N–H and O–H groups in total. The summed E-state index contributed by atoms with van der Waals surface area (Å²) in [6.07, 6.45) is 0.785. The lowest BCUT2D eigenvalue weighted by Gasteiger charge is -2.22. The number of epoxide rings is 1. The quantitative estimate of drug-likeness (QED) is 0.633. The molecule has 0 amide bonds. The molecule has 1 aliphatic heterocycles. The molecular formula is C18H14ClF2N3O2. The summed E-state index contributed by atoms with van der Waals surface area (Å²) in [5.41, 5.74) is -0.00837. The predicted molar refractivity (Wildman–Crippen MR) is 90.4 cm³/mol. The fourth-order valence-electron chi connectivity index (χ4n) is 2.84. The molecule has 0 aliphatic carbocycles. The average Bonchev–Trinajstić information content (AvgIpc) is 3.29. The monoisotopic (exact) mass is 377 g/mol. The molecule has 3 aromatic rings. The van der Waals surface area contributed by atoms with E-state index in [0.29, 0.717) is 10.7 Å². The first-order chi connectivity index (χ1) is 12.5. The maximum Gasteiger partial charge on any atom is 0.320 e. The van der Waals surface area contributed by atoms with Crippen molar-refractivity contribution in [1.29, 1.82) is 0 Å². The fourth-order valence-corrected chi connectivity index (χ4v) is 2.97. The van der Waals surface area contributed by atoms with Gasteiger partial charge in [-0.15, -0.1) is 0 Å². The molecule has 2 unspecified atom stereocenters. The van der Waals surface area contributed by atoms with E-state index < -0.39 is 23.3 Å². The van der Waals surface area contributed by atoms with Gasteiger partial charge in [0.2, 0.25) is 0 Å². The van der Waals surface area contributed by atoms with E-state index in [1.807, 2.05) is 0 Å². The lowest BCUT2D eigenvalue weighted by molar-refractivity contribution is 0.0955. The fraction of sp³-hybridized carbons (Fsp3) is 0.222. The van der Waals surface area contributed by atoms with Crippen molar-refractivity contribution in [3.63, 3.8) is 0 Å². The summed E-state index contributed by atoms with van der Waals surface area (Å²) >= 11 is 5.90. The van der Waals surface area contributed by atoms with Gasteiger partial charge in [0.25, 0.3) is 0 Å². The van der Waals surface area contributed by atoms with Crippen molar-refractivity contribution in [3.8, 4) is 11.7 Å². The van der Waals surface area contributed by atoms with Crippen LogP contribution in [0.2, 0.25) is 5.02 Å². The van der Waals surface area contributed by atoms with Crippen molar-refractivity contribution in [2.75, 3.05) is 6.61 Å². The van der Waals surface area contributed by atoms with E-state index in [1.54, 1.807) is 31.2 Å². The van der Waals surface area contributed by atoms with E-state index in [4.69, 9.17) is 21.1 Å². The van der Waals surface area contributed by atoms with Crippen LogP contribution in [0.3, 0.4) is 0 Å². The first-order valence-electron chi connectivity index (χ1n) is 7.92. The number of ether oxygens (including phenoxy) is 2. The van der Waals surface area contributed by atoms with Gasteiger partial charge in [0.15, 0.2) is 5.60 Å². The van der Waals surface area contributed by atoms with E-state index in [-0.39, 0.29) is 18.2 Å². The van der Waals surface area contributed by atoms with Gasteiger partial charge < -0.3 is 9.47 Å². The minimum Gasteiger partial charge on any atom is -0.457 e. The maximum absolute atomic E-state index is 14.2. The SMILES string of the molecule is CC(Oc1ncnn1-c1ccc(Cl)cc1)C1(c2ccc(F)cc2F)CO1. The second-order valence-electron chi connectivity index (χ2n) is 5.99. The molecule has 2 atom stereocenters. The summed E-state index contributed by atoms with van der Waals surface area (Å²) < 4.78 is 40.3. The molecule has 1 fully saturated rings. The molecule has 26 heavy (non-hydrogen) atoms. The highest BCUT2D eigenvalue weighted by Gasteiger charge is 2.54. The van der Waals surface area contributed by atoms with Crippen LogP contribution < -0.4 is 4.74 Å². The van der Waals surface area contributed by atoms with Crippen molar-refractivity contribution in [3.05, 3.63) is 71.0 Å². The van der Waals surface area contributed by atoms with Gasteiger partial charge in [-0.3, -0.25) is 0 Å². The smallest absolute Gasteiger partial charge is 0.320 e. The number of nitrogens with zero attached hydrogens (tertiary/aromatic N) is 3. The molecule has 8 heteroatoms. The first kappa shape index (κ1) is 16.9. The van der Waals surface area contributed by atoms with E-state index in [0.717, 1.165) is 6.07 Å². The zero-order chi connectivity index (χ0) is 18.3. The van der Waals surface area contributed by atoms with E-state index in [9.17, 15) is 8.78 Å². The van der Waals surface area contributed by atoms with E-state index in [2.05, 4.69) is 10.1 Å². The summed E-state index contributed by atoms with van der Waals surface area (Å²) in [6, 6.07) is 10.6. The second-order valence-corrected chi connectivity index (χ2v) is 6.43. The Kier molecular flexibility index (Phi) is 4.13. The van der Waals surface area contributed by atoms with Crippen LogP contribution in [0.15, 0.2) is 48.8 Å². The average molecular weight is 378 g/mol. The molecule has 2 aromatic carbocycles. The molecule has 0 radical (unpaired) electrons. The predicted octanol–water partition coefficient (Wildman–Crippen LogP) is 3.89. The van der Waals surface area contributed by atoms with Crippen LogP contribution in [0, 0.1) is 11.6 Å². The highest BCUT2D eigenvalue weighted by atomic mass is 35.5. The van der Waals surface area contributed by atoms with Gasteiger partial charge in [0.1, 0.15) is 24.1 Å². The Morgan fingerprint density at radius 3 is 2.62 bits per heavy atom. The van der Waals surface area contributed by atoms with Crippen LogP contribution in [0.4, 0.5) is 8.78 Å². The largest absolute Gasteiger partial charge is 0.457 e. The number of benzene rings is 2. The van der Waals surface area contributed by atoms with Gasteiger partial charge >= 0.3 is 6.01 Å². The Balaban J connectivity index is 1.60. The molecule has 1 aliphatic rings. The Morgan fingerprint density at radius 2 is 1.96 bits per heavy atom. The van der Waals surface area contributed by atoms with Crippen molar-refractivity contribution < 1.29 is 18.3 Å². The van der Waals surface area contributed by atoms with Gasteiger partial charge in [0, 0.05) is 16.7 Å². The standard InChI is InChI=1S/C18H14ClF2N3O2/c1-11(18(9-25-18)15-7-4-13(20)8-16(15)21)26-17-22-10-23-24(17)14-5-2-12(19)3-6-14/h2-8,10-11H,9H2,1H3. The molecule has 134 valence electrons. The third-order valence-electron chi connectivity index (χ3n) is 4.37. The molecule has 5 nitrogen and oxygen atoms in total. The minimum absolute atomic E-state index is 0.234. The second kappa shape index (κ2) is 6.34. The van der Waals surface area contributed by atoms with Crippen LogP contribution in [0.1, 0.15) is 12.5 Å². The van der Waals surface area contributed by atoms with Crippen molar-refractivity contribution in [2.24, 2.45) is 0 Å². The third-order valence-corrected chi connectivity index (χ3v) is 4.62. The highest BCUT2D eigenvalue weighted by Crippen LogP contribution is 2.44. The van der Waals surface area contributed by atoms with Crippen LogP contribution in [0.25, 0.3) is 5.69 Å². The molecular weight excluding hydrogens is 364 g/mol. The maximum atomic E-state index is 14.2. The summed E-state index contributed by atoms with van der Waals surface area (Å²) in [4.78, 5) is 4.11. The summed E-state index contributed by atoms with van der Waals surface area (Å²) in [5, 5.41) is 4.75. The lowest BCUT2D eigenvalue weighted by Crippen LogP contribution is -2.32. The van der Waals surface area contributed by atoms with Crippen LogP contribution in [-0.2, 0) is 10.3 Å². The number of hydrogen-bond acceptors (Lipinski definition) is 4. The normalized spacial score (nSPS) is 20.0. The van der Waals surface area contributed by atoms with Crippen LogP contribution >= 0.6 is 11.6 Å².